The van der Waals surface area contributed by atoms with Crippen molar-refractivity contribution in [2.75, 3.05) is 27.9 Å². The van der Waals surface area contributed by atoms with Crippen LogP contribution >= 0.6 is 0 Å². The summed E-state index contributed by atoms with van der Waals surface area (Å²) in [6.45, 7) is 0.689. The van der Waals surface area contributed by atoms with Crippen molar-refractivity contribution in [1.82, 2.24) is 4.98 Å². The van der Waals surface area contributed by atoms with Gasteiger partial charge in [0.1, 0.15) is 5.69 Å². The molecule has 0 saturated carbocycles. The molecule has 0 aliphatic carbocycles. The molecule has 0 bridgehead atoms. The number of oxazole rings is 1. The van der Waals surface area contributed by atoms with E-state index in [1.807, 2.05) is 0 Å². The maximum atomic E-state index is 11.4. The van der Waals surface area contributed by atoms with E-state index in [-0.39, 0.29) is 12.4 Å². The molecule has 16 heavy (non-hydrogen) atoms. The Hall–Kier alpha value is -1.40. The fourth-order valence-corrected chi connectivity index (χ4v) is 1.18. The molecular weight excluding hydrogens is 214 g/mol. The first-order chi connectivity index (χ1) is 7.72. The number of nitrogens with zero attached hydrogens (tertiary/aromatic N) is 1. The summed E-state index contributed by atoms with van der Waals surface area (Å²) in [5.74, 6) is -0.0204. The summed E-state index contributed by atoms with van der Waals surface area (Å²) in [5.41, 5.74) is 0.445. The third kappa shape index (κ3) is 3.04. The van der Waals surface area contributed by atoms with Gasteiger partial charge in [-0.05, 0) is 0 Å². The second-order valence-corrected chi connectivity index (χ2v) is 3.05. The standard InChI is InChI=1S/C10H15NO5/c1-13-5-4-8-11-7(6-14-2)9(16-8)10(12)15-3/h4-6H2,1-3H3. The van der Waals surface area contributed by atoms with Gasteiger partial charge in [-0.15, -0.1) is 0 Å². The molecule has 0 N–H and O–H groups in total. The van der Waals surface area contributed by atoms with Crippen molar-refractivity contribution < 1.29 is 23.4 Å². The molecule has 0 atom stereocenters. The number of ether oxygens (including phenoxy) is 3. The quantitative estimate of drug-likeness (QED) is 0.672. The Labute approximate surface area is 93.5 Å². The van der Waals surface area contributed by atoms with Gasteiger partial charge in [0.25, 0.3) is 0 Å². The van der Waals surface area contributed by atoms with Crippen LogP contribution in [0, 0.1) is 0 Å². The van der Waals surface area contributed by atoms with Gasteiger partial charge in [0.2, 0.25) is 5.76 Å². The lowest BCUT2D eigenvalue weighted by molar-refractivity contribution is 0.0555. The van der Waals surface area contributed by atoms with Gasteiger partial charge in [0, 0.05) is 20.6 Å². The minimum Gasteiger partial charge on any atom is -0.463 e. The highest BCUT2D eigenvalue weighted by Gasteiger charge is 2.20. The molecule has 90 valence electrons. The maximum Gasteiger partial charge on any atom is 0.376 e. The van der Waals surface area contributed by atoms with Crippen molar-refractivity contribution in [3.63, 3.8) is 0 Å². The number of hydrogen-bond acceptors (Lipinski definition) is 6. The molecule has 1 rings (SSSR count). The Kier molecular flexibility index (Phi) is 4.94. The summed E-state index contributed by atoms with van der Waals surface area (Å²) in [6, 6.07) is 0. The van der Waals surface area contributed by atoms with Crippen LogP contribution < -0.4 is 0 Å². The van der Waals surface area contributed by atoms with Crippen molar-refractivity contribution in [2.45, 2.75) is 13.0 Å². The van der Waals surface area contributed by atoms with Gasteiger partial charge in [-0.1, -0.05) is 0 Å². The van der Waals surface area contributed by atoms with Crippen LogP contribution in [0.3, 0.4) is 0 Å². The predicted molar refractivity (Wildman–Crippen MR) is 54.1 cm³/mol. The average Bonchev–Trinajstić information content (AvgIpc) is 2.69. The van der Waals surface area contributed by atoms with E-state index in [1.54, 1.807) is 7.11 Å². The van der Waals surface area contributed by atoms with E-state index in [0.29, 0.717) is 24.6 Å². The van der Waals surface area contributed by atoms with Crippen molar-refractivity contribution in [2.24, 2.45) is 0 Å². The minimum atomic E-state index is -0.553. The minimum absolute atomic E-state index is 0.0930. The van der Waals surface area contributed by atoms with Crippen molar-refractivity contribution in [3.8, 4) is 0 Å². The highest BCUT2D eigenvalue weighted by Crippen LogP contribution is 2.14. The van der Waals surface area contributed by atoms with Crippen LogP contribution in [0.5, 0.6) is 0 Å². The number of carbonyl (C=O) groups is 1. The largest absolute Gasteiger partial charge is 0.463 e. The lowest BCUT2D eigenvalue weighted by atomic mass is 10.3. The Bertz CT molecular complexity index is 347. The SMILES string of the molecule is COCCc1nc(COC)c(C(=O)OC)o1. The van der Waals surface area contributed by atoms with Crippen LogP contribution in [0.15, 0.2) is 4.42 Å². The fraction of sp³-hybridized carbons (Fsp3) is 0.600. The van der Waals surface area contributed by atoms with E-state index in [4.69, 9.17) is 13.9 Å². The van der Waals surface area contributed by atoms with Gasteiger partial charge in [-0.25, -0.2) is 9.78 Å². The van der Waals surface area contributed by atoms with E-state index in [0.717, 1.165) is 0 Å². The second-order valence-electron chi connectivity index (χ2n) is 3.05. The van der Waals surface area contributed by atoms with E-state index in [9.17, 15) is 4.79 Å². The summed E-state index contributed by atoms with van der Waals surface area (Å²) in [4.78, 5) is 15.5. The van der Waals surface area contributed by atoms with Crippen molar-refractivity contribution in [3.05, 3.63) is 17.3 Å². The summed E-state index contributed by atoms with van der Waals surface area (Å²) >= 11 is 0. The molecule has 0 aliphatic rings. The van der Waals surface area contributed by atoms with Crippen LogP contribution in [0.1, 0.15) is 22.1 Å². The summed E-state index contributed by atoms with van der Waals surface area (Å²) in [7, 11) is 4.39. The molecule has 0 aromatic carbocycles. The van der Waals surface area contributed by atoms with Crippen molar-refractivity contribution in [1.29, 1.82) is 0 Å². The lowest BCUT2D eigenvalue weighted by Gasteiger charge is -1.96. The van der Waals surface area contributed by atoms with Gasteiger partial charge in [-0.2, -0.15) is 0 Å². The molecule has 0 radical (unpaired) electrons. The highest BCUT2D eigenvalue weighted by atomic mass is 16.5. The van der Waals surface area contributed by atoms with Gasteiger partial charge in [0.05, 0.1) is 20.3 Å². The van der Waals surface area contributed by atoms with E-state index in [2.05, 4.69) is 9.72 Å². The van der Waals surface area contributed by atoms with E-state index in [1.165, 1.54) is 14.2 Å². The Balaban J connectivity index is 2.86. The van der Waals surface area contributed by atoms with Crippen LogP contribution in [-0.2, 0) is 27.2 Å². The molecule has 1 aromatic heterocycles. The van der Waals surface area contributed by atoms with Gasteiger partial charge in [0.15, 0.2) is 5.89 Å². The van der Waals surface area contributed by atoms with Crippen LogP contribution in [0.25, 0.3) is 0 Å². The Morgan fingerprint density at radius 2 is 2.06 bits per heavy atom. The molecular formula is C10H15NO5. The van der Waals surface area contributed by atoms with Gasteiger partial charge in [-0.3, -0.25) is 0 Å². The zero-order valence-electron chi connectivity index (χ0n) is 9.61. The highest BCUT2D eigenvalue weighted by molar-refractivity contribution is 5.87. The number of aromatic nitrogens is 1. The van der Waals surface area contributed by atoms with Crippen molar-refractivity contribution >= 4 is 5.97 Å². The molecule has 0 unspecified atom stereocenters. The Morgan fingerprint density at radius 3 is 2.62 bits per heavy atom. The average molecular weight is 229 g/mol. The monoisotopic (exact) mass is 229 g/mol. The van der Waals surface area contributed by atoms with Crippen LogP contribution in [-0.4, -0.2) is 38.9 Å². The first-order valence-corrected chi connectivity index (χ1v) is 4.77. The fourth-order valence-electron chi connectivity index (χ4n) is 1.18. The molecule has 6 nitrogen and oxygen atoms in total. The third-order valence-corrected chi connectivity index (χ3v) is 1.91. The Morgan fingerprint density at radius 1 is 1.31 bits per heavy atom. The molecule has 0 spiro atoms. The molecule has 0 fully saturated rings. The van der Waals surface area contributed by atoms with Crippen LogP contribution in [0.2, 0.25) is 0 Å². The number of carbonyl (C=O) groups excluding carboxylic acids is 1. The number of hydrogen-bond donors (Lipinski definition) is 0. The summed E-state index contributed by atoms with van der Waals surface area (Å²) < 4.78 is 19.7. The normalized spacial score (nSPS) is 10.4. The molecule has 0 aliphatic heterocycles. The second kappa shape index (κ2) is 6.24. The summed E-state index contributed by atoms with van der Waals surface area (Å²) in [5, 5.41) is 0. The first-order valence-electron chi connectivity index (χ1n) is 4.77. The van der Waals surface area contributed by atoms with Gasteiger partial charge >= 0.3 is 5.97 Å². The molecule has 1 heterocycles. The predicted octanol–water partition coefficient (Wildman–Crippen LogP) is 0.797. The number of esters is 1. The topological polar surface area (TPSA) is 70.8 Å². The summed E-state index contributed by atoms with van der Waals surface area (Å²) in [6.07, 6.45) is 0.504. The number of rotatable bonds is 6. The lowest BCUT2D eigenvalue weighted by Crippen LogP contribution is -2.04. The molecule has 0 amide bonds. The maximum absolute atomic E-state index is 11.4. The zero-order valence-corrected chi connectivity index (χ0v) is 9.61. The molecule has 0 saturated heterocycles. The third-order valence-electron chi connectivity index (χ3n) is 1.91. The zero-order chi connectivity index (χ0) is 12.0. The van der Waals surface area contributed by atoms with E-state index >= 15 is 0 Å². The number of methoxy groups -OCH3 is 3. The van der Waals surface area contributed by atoms with Crippen LogP contribution in [0.4, 0.5) is 0 Å². The van der Waals surface area contributed by atoms with Gasteiger partial charge < -0.3 is 18.6 Å². The molecule has 6 heteroatoms. The first kappa shape index (κ1) is 12.7. The van der Waals surface area contributed by atoms with E-state index < -0.39 is 5.97 Å². The smallest absolute Gasteiger partial charge is 0.376 e. The molecule has 1 aromatic rings.